The van der Waals surface area contributed by atoms with E-state index in [1.165, 1.54) is 6.07 Å². The average molecular weight is 227 g/mol. The Kier molecular flexibility index (Phi) is 2.88. The number of nitriles is 1. The van der Waals surface area contributed by atoms with Gasteiger partial charge in [-0.05, 0) is 12.1 Å². The molecule has 84 valence electrons. The lowest BCUT2D eigenvalue weighted by Crippen LogP contribution is -2.09. The third-order valence-corrected chi connectivity index (χ3v) is 2.21. The Morgan fingerprint density at radius 1 is 1.41 bits per heavy atom. The van der Waals surface area contributed by atoms with Crippen LogP contribution in [0.4, 0.5) is 0 Å². The topological polar surface area (TPSA) is 78.8 Å². The first-order valence-electron chi connectivity index (χ1n) is 4.89. The Morgan fingerprint density at radius 2 is 2.24 bits per heavy atom. The van der Waals surface area contributed by atoms with Gasteiger partial charge in [-0.25, -0.2) is 4.98 Å². The van der Waals surface area contributed by atoms with E-state index in [2.05, 4.69) is 9.97 Å². The zero-order valence-electron chi connectivity index (χ0n) is 9.10. The molecule has 0 aliphatic heterocycles. The first-order chi connectivity index (χ1) is 8.22. The molecule has 1 aromatic heterocycles. The maximum atomic E-state index is 11.3. The Labute approximate surface area is 97.3 Å². The highest BCUT2D eigenvalue weighted by atomic mass is 16.5. The van der Waals surface area contributed by atoms with E-state index >= 15 is 0 Å². The monoisotopic (exact) mass is 227 g/mol. The molecule has 0 aliphatic carbocycles. The van der Waals surface area contributed by atoms with Crippen LogP contribution in [-0.2, 0) is 0 Å². The lowest BCUT2D eigenvalue weighted by molar-refractivity contribution is 0.415. The van der Waals surface area contributed by atoms with Crippen LogP contribution in [0.2, 0.25) is 0 Å². The second-order valence-corrected chi connectivity index (χ2v) is 3.32. The number of aromatic amines is 1. The molecule has 0 radical (unpaired) electrons. The summed E-state index contributed by atoms with van der Waals surface area (Å²) < 4.78 is 5.08. The molecule has 1 aromatic carbocycles. The molecular formula is C12H9N3O2. The fourth-order valence-corrected chi connectivity index (χ4v) is 1.44. The summed E-state index contributed by atoms with van der Waals surface area (Å²) in [4.78, 5) is 17.7. The van der Waals surface area contributed by atoms with Gasteiger partial charge >= 0.3 is 0 Å². The summed E-state index contributed by atoms with van der Waals surface area (Å²) in [6.07, 6.45) is 0. The van der Waals surface area contributed by atoms with Crippen molar-refractivity contribution in [2.45, 2.75) is 0 Å². The quantitative estimate of drug-likeness (QED) is 0.839. The molecule has 0 aliphatic rings. The highest BCUT2D eigenvalue weighted by Gasteiger charge is 2.04. The molecule has 0 spiro atoms. The molecule has 0 atom stereocenters. The van der Waals surface area contributed by atoms with Crippen molar-refractivity contribution in [3.8, 4) is 23.1 Å². The second kappa shape index (κ2) is 4.49. The number of rotatable bonds is 2. The molecule has 0 unspecified atom stereocenters. The van der Waals surface area contributed by atoms with Crippen LogP contribution in [0.15, 0.2) is 35.1 Å². The number of benzene rings is 1. The van der Waals surface area contributed by atoms with Crippen LogP contribution >= 0.6 is 0 Å². The molecule has 17 heavy (non-hydrogen) atoms. The third kappa shape index (κ3) is 2.32. The Hall–Kier alpha value is -2.61. The van der Waals surface area contributed by atoms with Gasteiger partial charge in [0.15, 0.2) is 0 Å². The summed E-state index contributed by atoms with van der Waals surface area (Å²) in [6.45, 7) is 0. The van der Waals surface area contributed by atoms with Crippen molar-refractivity contribution in [1.29, 1.82) is 5.26 Å². The highest BCUT2D eigenvalue weighted by Crippen LogP contribution is 2.20. The molecule has 2 aromatic rings. The van der Waals surface area contributed by atoms with Gasteiger partial charge < -0.3 is 4.74 Å². The minimum Gasteiger partial charge on any atom is -0.497 e. The van der Waals surface area contributed by atoms with Crippen LogP contribution < -0.4 is 10.3 Å². The molecule has 0 saturated carbocycles. The molecule has 1 N–H and O–H groups in total. The first kappa shape index (κ1) is 10.9. The zero-order chi connectivity index (χ0) is 12.3. The van der Waals surface area contributed by atoms with Gasteiger partial charge in [-0.1, -0.05) is 12.1 Å². The lowest BCUT2D eigenvalue weighted by atomic mass is 10.1. The van der Waals surface area contributed by atoms with Crippen LogP contribution in [0.5, 0.6) is 5.75 Å². The Balaban J connectivity index is 2.56. The standard InChI is InChI=1S/C12H9N3O2/c1-17-9-4-2-3-8(5-9)10-6-12(16)15-11(7-13)14-10/h2-6H,1H3,(H,14,15,16). The summed E-state index contributed by atoms with van der Waals surface area (Å²) in [5, 5.41) is 8.73. The van der Waals surface area contributed by atoms with Gasteiger partial charge in [-0.3, -0.25) is 9.78 Å². The van der Waals surface area contributed by atoms with Gasteiger partial charge in [-0.15, -0.1) is 0 Å². The second-order valence-electron chi connectivity index (χ2n) is 3.32. The molecule has 0 bridgehead atoms. The van der Waals surface area contributed by atoms with Crippen LogP contribution in [0, 0.1) is 11.3 Å². The number of aromatic nitrogens is 2. The van der Waals surface area contributed by atoms with E-state index in [0.717, 1.165) is 5.56 Å². The molecule has 0 fully saturated rings. The van der Waals surface area contributed by atoms with Crippen molar-refractivity contribution in [3.63, 3.8) is 0 Å². The number of methoxy groups -OCH3 is 1. The molecule has 0 saturated heterocycles. The van der Waals surface area contributed by atoms with E-state index in [1.54, 1.807) is 31.4 Å². The molecule has 1 heterocycles. The average Bonchev–Trinajstić information content (AvgIpc) is 2.38. The van der Waals surface area contributed by atoms with Gasteiger partial charge in [-0.2, -0.15) is 5.26 Å². The number of H-pyrrole nitrogens is 1. The van der Waals surface area contributed by atoms with Crippen LogP contribution in [0.25, 0.3) is 11.3 Å². The number of hydrogen-bond acceptors (Lipinski definition) is 4. The van der Waals surface area contributed by atoms with Crippen LogP contribution in [0.3, 0.4) is 0 Å². The number of nitrogens with one attached hydrogen (secondary N) is 1. The number of hydrogen-bond donors (Lipinski definition) is 1. The highest BCUT2D eigenvalue weighted by molar-refractivity contribution is 5.61. The predicted octanol–water partition coefficient (Wildman–Crippen LogP) is 1.32. The largest absolute Gasteiger partial charge is 0.497 e. The predicted molar refractivity (Wildman–Crippen MR) is 61.6 cm³/mol. The normalized spacial score (nSPS) is 9.65. The smallest absolute Gasteiger partial charge is 0.252 e. The van der Waals surface area contributed by atoms with Gasteiger partial charge in [0, 0.05) is 11.6 Å². The van der Waals surface area contributed by atoms with E-state index in [9.17, 15) is 4.79 Å². The van der Waals surface area contributed by atoms with E-state index in [4.69, 9.17) is 10.00 Å². The van der Waals surface area contributed by atoms with Crippen molar-refractivity contribution < 1.29 is 4.74 Å². The van der Waals surface area contributed by atoms with Gasteiger partial charge in [0.2, 0.25) is 5.82 Å². The van der Waals surface area contributed by atoms with Crippen LogP contribution in [0.1, 0.15) is 5.82 Å². The molecule has 2 rings (SSSR count). The Morgan fingerprint density at radius 3 is 2.94 bits per heavy atom. The molecular weight excluding hydrogens is 218 g/mol. The fourth-order valence-electron chi connectivity index (χ4n) is 1.44. The van der Waals surface area contributed by atoms with E-state index < -0.39 is 0 Å². The fraction of sp³-hybridized carbons (Fsp3) is 0.0833. The maximum Gasteiger partial charge on any atom is 0.252 e. The molecule has 0 amide bonds. The summed E-state index contributed by atoms with van der Waals surface area (Å²) in [5.41, 5.74) is 0.825. The Bertz CT molecular complexity index is 641. The first-order valence-corrected chi connectivity index (χ1v) is 4.89. The summed E-state index contributed by atoms with van der Waals surface area (Å²) in [6, 6.07) is 10.3. The van der Waals surface area contributed by atoms with Crippen LogP contribution in [-0.4, -0.2) is 17.1 Å². The molecule has 5 heteroatoms. The van der Waals surface area contributed by atoms with E-state index in [1.807, 2.05) is 6.07 Å². The van der Waals surface area contributed by atoms with Gasteiger partial charge in [0.05, 0.1) is 12.8 Å². The summed E-state index contributed by atoms with van der Waals surface area (Å²) in [7, 11) is 1.56. The summed E-state index contributed by atoms with van der Waals surface area (Å²) >= 11 is 0. The zero-order valence-corrected chi connectivity index (χ0v) is 9.10. The minimum absolute atomic E-state index is 0.00433. The van der Waals surface area contributed by atoms with E-state index in [0.29, 0.717) is 11.4 Å². The van der Waals surface area contributed by atoms with Crippen molar-refractivity contribution in [1.82, 2.24) is 9.97 Å². The number of nitrogens with zero attached hydrogens (tertiary/aromatic N) is 2. The maximum absolute atomic E-state index is 11.3. The van der Waals surface area contributed by atoms with Crippen molar-refractivity contribution in [2.24, 2.45) is 0 Å². The number of ether oxygens (including phenoxy) is 1. The van der Waals surface area contributed by atoms with Crippen molar-refractivity contribution >= 4 is 0 Å². The molecule has 5 nitrogen and oxygen atoms in total. The van der Waals surface area contributed by atoms with Gasteiger partial charge in [0.1, 0.15) is 11.8 Å². The summed E-state index contributed by atoms with van der Waals surface area (Å²) in [5.74, 6) is 0.665. The third-order valence-electron chi connectivity index (χ3n) is 2.21. The van der Waals surface area contributed by atoms with E-state index in [-0.39, 0.29) is 11.4 Å². The minimum atomic E-state index is -0.352. The SMILES string of the molecule is COc1cccc(-c2cc(=O)[nH]c(C#N)n2)c1. The van der Waals surface area contributed by atoms with Crippen molar-refractivity contribution in [2.75, 3.05) is 7.11 Å². The lowest BCUT2D eigenvalue weighted by Gasteiger charge is -2.03. The van der Waals surface area contributed by atoms with Gasteiger partial charge in [0.25, 0.3) is 5.56 Å². The van der Waals surface area contributed by atoms with Crippen molar-refractivity contribution in [3.05, 3.63) is 46.5 Å².